The first-order valence-electron chi connectivity index (χ1n) is 6.91. The van der Waals surface area contributed by atoms with Gasteiger partial charge in [0.25, 0.3) is 5.91 Å². The average molecular weight is 262 g/mol. The second-order valence-electron chi connectivity index (χ2n) is 4.95. The van der Waals surface area contributed by atoms with E-state index in [9.17, 15) is 4.79 Å². The predicted octanol–water partition coefficient (Wildman–Crippen LogP) is 2.04. The number of carbonyl (C=O) groups excluding carboxylic acids is 1. The van der Waals surface area contributed by atoms with Crippen LogP contribution < -0.4 is 10.5 Å². The van der Waals surface area contributed by atoms with Crippen LogP contribution in [-0.2, 0) is 0 Å². The molecule has 1 aliphatic carbocycles. The summed E-state index contributed by atoms with van der Waals surface area (Å²) in [6, 6.07) is 7.72. The number of hydrogen-bond acceptors (Lipinski definition) is 3. The average Bonchev–Trinajstić information content (AvgIpc) is 2.40. The van der Waals surface area contributed by atoms with Crippen molar-refractivity contribution in [1.82, 2.24) is 4.90 Å². The van der Waals surface area contributed by atoms with Crippen LogP contribution in [0.2, 0.25) is 0 Å². The molecular weight excluding hydrogens is 240 g/mol. The summed E-state index contributed by atoms with van der Waals surface area (Å²) in [6.07, 6.45) is 4.32. The van der Waals surface area contributed by atoms with Crippen LogP contribution in [0.1, 0.15) is 36.0 Å². The molecule has 19 heavy (non-hydrogen) atoms. The number of rotatable bonds is 6. The maximum absolute atomic E-state index is 12.5. The van der Waals surface area contributed by atoms with Crippen LogP contribution >= 0.6 is 0 Å². The van der Waals surface area contributed by atoms with Crippen molar-refractivity contribution in [3.8, 4) is 5.75 Å². The lowest BCUT2D eigenvalue weighted by molar-refractivity contribution is 0.0578. The van der Waals surface area contributed by atoms with Gasteiger partial charge >= 0.3 is 0 Å². The molecule has 0 aliphatic heterocycles. The molecule has 4 heteroatoms. The van der Waals surface area contributed by atoms with Crippen molar-refractivity contribution < 1.29 is 9.53 Å². The number of methoxy groups -OCH3 is 1. The largest absolute Gasteiger partial charge is 0.497 e. The van der Waals surface area contributed by atoms with Crippen molar-refractivity contribution in [2.75, 3.05) is 20.2 Å². The molecule has 0 aromatic heterocycles. The summed E-state index contributed by atoms with van der Waals surface area (Å²) in [4.78, 5) is 14.5. The van der Waals surface area contributed by atoms with Gasteiger partial charge in [0.05, 0.1) is 7.11 Å². The van der Waals surface area contributed by atoms with E-state index in [4.69, 9.17) is 10.5 Å². The molecule has 1 aliphatic rings. The Morgan fingerprint density at radius 1 is 1.37 bits per heavy atom. The molecule has 0 saturated heterocycles. The lowest BCUT2D eigenvalue weighted by Crippen LogP contribution is -2.45. The first-order valence-corrected chi connectivity index (χ1v) is 6.91. The highest BCUT2D eigenvalue weighted by Crippen LogP contribution is 2.26. The summed E-state index contributed by atoms with van der Waals surface area (Å²) in [6.45, 7) is 1.38. The van der Waals surface area contributed by atoms with E-state index >= 15 is 0 Å². The van der Waals surface area contributed by atoms with Crippen molar-refractivity contribution in [3.63, 3.8) is 0 Å². The summed E-state index contributed by atoms with van der Waals surface area (Å²) >= 11 is 0. The van der Waals surface area contributed by atoms with Crippen molar-refractivity contribution >= 4 is 5.91 Å². The summed E-state index contributed by atoms with van der Waals surface area (Å²) in [7, 11) is 1.62. The summed E-state index contributed by atoms with van der Waals surface area (Å²) < 4.78 is 5.11. The minimum atomic E-state index is 0.112. The fourth-order valence-corrected chi connectivity index (χ4v) is 2.31. The molecule has 1 saturated carbocycles. The zero-order valence-corrected chi connectivity index (χ0v) is 11.5. The molecular formula is C15H22N2O2. The summed E-state index contributed by atoms with van der Waals surface area (Å²) in [5.74, 6) is 0.884. The van der Waals surface area contributed by atoms with Gasteiger partial charge in [-0.05, 0) is 56.5 Å². The smallest absolute Gasteiger partial charge is 0.254 e. The molecule has 2 N–H and O–H groups in total. The Labute approximate surface area is 114 Å². The lowest BCUT2D eigenvalue weighted by atomic mass is 9.90. The number of ether oxygens (including phenoxy) is 1. The molecule has 0 bridgehead atoms. The zero-order valence-electron chi connectivity index (χ0n) is 11.5. The Morgan fingerprint density at radius 2 is 2.05 bits per heavy atom. The third-order valence-electron chi connectivity index (χ3n) is 3.72. The van der Waals surface area contributed by atoms with Crippen LogP contribution in [0.4, 0.5) is 0 Å². The van der Waals surface area contributed by atoms with Gasteiger partial charge in [-0.25, -0.2) is 0 Å². The predicted molar refractivity (Wildman–Crippen MR) is 75.3 cm³/mol. The number of hydrogen-bond donors (Lipinski definition) is 1. The third kappa shape index (κ3) is 3.26. The van der Waals surface area contributed by atoms with Crippen LogP contribution in [0, 0.1) is 0 Å². The van der Waals surface area contributed by atoms with Gasteiger partial charge in [0.1, 0.15) is 5.75 Å². The quantitative estimate of drug-likeness (QED) is 0.853. The van der Waals surface area contributed by atoms with Crippen molar-refractivity contribution in [1.29, 1.82) is 0 Å². The monoisotopic (exact) mass is 262 g/mol. The van der Waals surface area contributed by atoms with Gasteiger partial charge < -0.3 is 15.4 Å². The van der Waals surface area contributed by atoms with Crippen LogP contribution in [0.15, 0.2) is 24.3 Å². The van der Waals surface area contributed by atoms with E-state index in [1.54, 1.807) is 7.11 Å². The van der Waals surface area contributed by atoms with E-state index in [-0.39, 0.29) is 5.91 Å². The maximum Gasteiger partial charge on any atom is 0.254 e. The van der Waals surface area contributed by atoms with E-state index in [1.165, 1.54) is 6.42 Å². The minimum Gasteiger partial charge on any atom is -0.497 e. The van der Waals surface area contributed by atoms with Gasteiger partial charge in [0, 0.05) is 18.2 Å². The van der Waals surface area contributed by atoms with Gasteiger partial charge in [-0.2, -0.15) is 0 Å². The van der Waals surface area contributed by atoms with Gasteiger partial charge in [-0.1, -0.05) is 0 Å². The lowest BCUT2D eigenvalue weighted by Gasteiger charge is -2.37. The standard InChI is InChI=1S/C15H22N2O2/c1-19-14-8-6-12(7-9-14)15(18)17(11-3-10-16)13-4-2-5-13/h6-9,13H,2-5,10-11,16H2,1H3. The topological polar surface area (TPSA) is 55.6 Å². The van der Waals surface area contributed by atoms with Gasteiger partial charge in [0.2, 0.25) is 0 Å². The molecule has 1 aromatic rings. The third-order valence-corrected chi connectivity index (χ3v) is 3.72. The van der Waals surface area contributed by atoms with Crippen molar-refractivity contribution in [2.45, 2.75) is 31.7 Å². The van der Waals surface area contributed by atoms with Crippen LogP contribution in [-0.4, -0.2) is 37.0 Å². The fraction of sp³-hybridized carbons (Fsp3) is 0.533. The van der Waals surface area contributed by atoms with Crippen LogP contribution in [0.25, 0.3) is 0 Å². The van der Waals surface area contributed by atoms with E-state index in [0.29, 0.717) is 12.6 Å². The van der Waals surface area contributed by atoms with Crippen LogP contribution in [0.5, 0.6) is 5.75 Å². The molecule has 0 radical (unpaired) electrons. The maximum atomic E-state index is 12.5. The van der Waals surface area contributed by atoms with Crippen molar-refractivity contribution in [2.24, 2.45) is 5.73 Å². The Balaban J connectivity index is 2.08. The van der Waals surface area contributed by atoms with E-state index in [0.717, 1.165) is 37.1 Å². The fourth-order valence-electron chi connectivity index (χ4n) is 2.31. The molecule has 2 rings (SSSR count). The Kier molecular flexibility index (Phi) is 4.80. The number of nitrogens with zero attached hydrogens (tertiary/aromatic N) is 1. The number of nitrogens with two attached hydrogens (primary N) is 1. The van der Waals surface area contributed by atoms with Gasteiger partial charge in [-0.3, -0.25) is 4.79 Å². The second-order valence-corrected chi connectivity index (χ2v) is 4.95. The van der Waals surface area contributed by atoms with Crippen LogP contribution in [0.3, 0.4) is 0 Å². The molecule has 0 heterocycles. The molecule has 0 atom stereocenters. The summed E-state index contributed by atoms with van der Waals surface area (Å²) in [5, 5.41) is 0. The molecule has 0 unspecified atom stereocenters. The van der Waals surface area contributed by atoms with Gasteiger partial charge in [0.15, 0.2) is 0 Å². The zero-order chi connectivity index (χ0) is 13.7. The van der Waals surface area contributed by atoms with E-state index < -0.39 is 0 Å². The van der Waals surface area contributed by atoms with E-state index in [2.05, 4.69) is 0 Å². The first kappa shape index (κ1) is 13.9. The molecule has 0 spiro atoms. The van der Waals surface area contributed by atoms with E-state index in [1.807, 2.05) is 29.2 Å². The first-order chi connectivity index (χ1) is 9.26. The van der Waals surface area contributed by atoms with Gasteiger partial charge in [-0.15, -0.1) is 0 Å². The molecule has 4 nitrogen and oxygen atoms in total. The minimum absolute atomic E-state index is 0.112. The molecule has 1 aromatic carbocycles. The highest BCUT2D eigenvalue weighted by atomic mass is 16.5. The highest BCUT2D eigenvalue weighted by molar-refractivity contribution is 5.94. The Hall–Kier alpha value is -1.55. The highest BCUT2D eigenvalue weighted by Gasteiger charge is 2.28. The number of amides is 1. The SMILES string of the molecule is COc1ccc(C(=O)N(CCCN)C2CCC2)cc1. The van der Waals surface area contributed by atoms with Crippen molar-refractivity contribution in [3.05, 3.63) is 29.8 Å². The number of carbonyl (C=O) groups is 1. The molecule has 1 amide bonds. The second kappa shape index (κ2) is 6.57. The summed E-state index contributed by atoms with van der Waals surface area (Å²) in [5.41, 5.74) is 6.29. The normalized spacial score (nSPS) is 14.8. The number of benzene rings is 1. The Morgan fingerprint density at radius 3 is 2.53 bits per heavy atom. The molecule has 1 fully saturated rings. The molecule has 104 valence electrons. The Bertz CT molecular complexity index is 413.